The first-order valence-corrected chi connectivity index (χ1v) is 4.34. The number of alkyl halides is 2. The lowest BCUT2D eigenvalue weighted by Gasteiger charge is -2.09. The van der Waals surface area contributed by atoms with Gasteiger partial charge in [-0.1, -0.05) is 11.6 Å². The smallest absolute Gasteiger partial charge is 0.387 e. The molecule has 0 fully saturated rings. The van der Waals surface area contributed by atoms with Crippen molar-refractivity contribution in [2.24, 2.45) is 0 Å². The Balaban J connectivity index is 3.17. The second kappa shape index (κ2) is 4.44. The van der Waals surface area contributed by atoms with Crippen molar-refractivity contribution in [3.05, 3.63) is 22.7 Å². The van der Waals surface area contributed by atoms with Crippen LogP contribution in [0, 0.1) is 0 Å². The van der Waals surface area contributed by atoms with E-state index >= 15 is 0 Å². The Kier molecular flexibility index (Phi) is 3.47. The number of anilines is 1. The summed E-state index contributed by atoms with van der Waals surface area (Å²) in [6, 6.07) is 2.27. The predicted molar refractivity (Wildman–Crippen MR) is 52.5 cm³/mol. The van der Waals surface area contributed by atoms with E-state index in [0.717, 1.165) is 12.1 Å². The van der Waals surface area contributed by atoms with E-state index in [1.165, 1.54) is 6.92 Å². The van der Waals surface area contributed by atoms with Crippen LogP contribution in [0.15, 0.2) is 12.1 Å². The van der Waals surface area contributed by atoms with Gasteiger partial charge in [-0.25, -0.2) is 0 Å². The molecule has 3 nitrogen and oxygen atoms in total. The van der Waals surface area contributed by atoms with E-state index < -0.39 is 6.61 Å². The van der Waals surface area contributed by atoms with Gasteiger partial charge in [0.05, 0.1) is 10.7 Å². The normalized spacial score (nSPS) is 10.5. The van der Waals surface area contributed by atoms with Crippen molar-refractivity contribution in [1.29, 1.82) is 0 Å². The van der Waals surface area contributed by atoms with Crippen LogP contribution >= 0.6 is 11.6 Å². The van der Waals surface area contributed by atoms with Crippen LogP contribution in [0.1, 0.15) is 17.3 Å². The van der Waals surface area contributed by atoms with Crippen molar-refractivity contribution < 1.29 is 18.3 Å². The van der Waals surface area contributed by atoms with E-state index in [1.807, 2.05) is 0 Å². The van der Waals surface area contributed by atoms with Gasteiger partial charge >= 0.3 is 6.61 Å². The van der Waals surface area contributed by atoms with Crippen molar-refractivity contribution in [1.82, 2.24) is 0 Å². The zero-order valence-electron chi connectivity index (χ0n) is 7.76. The Hall–Kier alpha value is -1.36. The molecule has 0 atom stereocenters. The van der Waals surface area contributed by atoms with Crippen molar-refractivity contribution in [3.63, 3.8) is 0 Å². The lowest BCUT2D eigenvalue weighted by Crippen LogP contribution is -2.05. The summed E-state index contributed by atoms with van der Waals surface area (Å²) >= 11 is 5.71. The molecule has 0 amide bonds. The summed E-state index contributed by atoms with van der Waals surface area (Å²) in [5.74, 6) is -0.552. The van der Waals surface area contributed by atoms with Crippen LogP contribution in [0.4, 0.5) is 14.5 Å². The van der Waals surface area contributed by atoms with Gasteiger partial charge in [0, 0.05) is 11.6 Å². The molecule has 0 aliphatic heterocycles. The van der Waals surface area contributed by atoms with Crippen LogP contribution in [-0.4, -0.2) is 12.4 Å². The number of carbonyl (C=O) groups excluding carboxylic acids is 1. The van der Waals surface area contributed by atoms with Crippen LogP contribution in [-0.2, 0) is 0 Å². The molecule has 0 aliphatic rings. The lowest BCUT2D eigenvalue weighted by atomic mass is 10.1. The summed E-state index contributed by atoms with van der Waals surface area (Å²) in [5, 5.41) is 0.0455. The molecule has 0 aliphatic carbocycles. The average molecular weight is 236 g/mol. The van der Waals surface area contributed by atoms with Crippen LogP contribution in [0.5, 0.6) is 5.75 Å². The fraction of sp³-hybridized carbons (Fsp3) is 0.222. The fourth-order valence-electron chi connectivity index (χ4n) is 1.05. The van der Waals surface area contributed by atoms with E-state index in [4.69, 9.17) is 17.3 Å². The summed E-state index contributed by atoms with van der Waals surface area (Å²) in [7, 11) is 0. The minimum Gasteiger partial charge on any atom is -0.435 e. The van der Waals surface area contributed by atoms with Crippen molar-refractivity contribution in [2.75, 3.05) is 5.73 Å². The van der Waals surface area contributed by atoms with Gasteiger partial charge in [-0.2, -0.15) is 8.78 Å². The quantitative estimate of drug-likeness (QED) is 0.647. The van der Waals surface area contributed by atoms with E-state index in [2.05, 4.69) is 4.74 Å². The lowest BCUT2D eigenvalue weighted by molar-refractivity contribution is -0.0498. The van der Waals surface area contributed by atoms with Crippen molar-refractivity contribution in [2.45, 2.75) is 13.5 Å². The van der Waals surface area contributed by atoms with E-state index in [1.54, 1.807) is 0 Å². The number of halogens is 3. The highest BCUT2D eigenvalue weighted by molar-refractivity contribution is 6.36. The highest BCUT2D eigenvalue weighted by Crippen LogP contribution is 2.30. The number of carbonyl (C=O) groups is 1. The summed E-state index contributed by atoms with van der Waals surface area (Å²) < 4.78 is 27.9. The van der Waals surface area contributed by atoms with Crippen LogP contribution in [0.25, 0.3) is 0 Å². The third kappa shape index (κ3) is 2.79. The maximum atomic E-state index is 11.9. The Morgan fingerprint density at radius 2 is 2.13 bits per heavy atom. The number of Topliss-reactive ketones (excluding diaryl/α,β-unsaturated/α-hetero) is 1. The van der Waals surface area contributed by atoms with E-state index in [9.17, 15) is 13.6 Å². The number of hydrogen-bond acceptors (Lipinski definition) is 3. The highest BCUT2D eigenvalue weighted by Gasteiger charge is 2.13. The molecule has 0 spiro atoms. The molecule has 0 saturated heterocycles. The maximum Gasteiger partial charge on any atom is 0.387 e. The predicted octanol–water partition coefficient (Wildman–Crippen LogP) is 2.73. The topological polar surface area (TPSA) is 52.3 Å². The number of benzene rings is 1. The molecular formula is C9H8ClF2NO2. The molecule has 15 heavy (non-hydrogen) atoms. The number of hydrogen-bond donors (Lipinski definition) is 1. The number of rotatable bonds is 3. The molecule has 1 aromatic rings. The first kappa shape index (κ1) is 11.7. The molecule has 0 unspecified atom stereocenters. The molecule has 1 aromatic carbocycles. The van der Waals surface area contributed by atoms with Crippen LogP contribution in [0.2, 0.25) is 5.02 Å². The summed E-state index contributed by atoms with van der Waals surface area (Å²) in [4.78, 5) is 11.1. The number of ether oxygens (including phenoxy) is 1. The molecule has 0 heterocycles. The van der Waals surface area contributed by atoms with E-state index in [0.29, 0.717) is 0 Å². The average Bonchev–Trinajstić information content (AvgIpc) is 2.09. The first-order valence-electron chi connectivity index (χ1n) is 3.96. The highest BCUT2D eigenvalue weighted by atomic mass is 35.5. The number of ketones is 1. The molecule has 6 heteroatoms. The number of nitrogen functional groups attached to an aromatic ring is 1. The van der Waals surface area contributed by atoms with Gasteiger partial charge in [-0.05, 0) is 13.0 Å². The first-order chi connectivity index (χ1) is 6.91. The zero-order chi connectivity index (χ0) is 11.6. The van der Waals surface area contributed by atoms with Gasteiger partial charge in [-0.15, -0.1) is 0 Å². The second-order valence-corrected chi connectivity index (χ2v) is 3.19. The van der Waals surface area contributed by atoms with Gasteiger partial charge in [-0.3, -0.25) is 4.79 Å². The SMILES string of the molecule is CC(=O)c1cc(OC(F)F)cc(N)c1Cl. The monoisotopic (exact) mass is 235 g/mol. The minimum atomic E-state index is -2.97. The van der Waals surface area contributed by atoms with Gasteiger partial charge < -0.3 is 10.5 Å². The third-order valence-corrected chi connectivity index (χ3v) is 2.10. The summed E-state index contributed by atoms with van der Waals surface area (Å²) in [5.41, 5.74) is 5.52. The van der Waals surface area contributed by atoms with E-state index in [-0.39, 0.29) is 27.8 Å². The zero-order valence-corrected chi connectivity index (χ0v) is 8.52. The Morgan fingerprint density at radius 1 is 1.53 bits per heavy atom. The molecule has 0 saturated carbocycles. The second-order valence-electron chi connectivity index (χ2n) is 2.81. The van der Waals surface area contributed by atoms with Crippen LogP contribution < -0.4 is 10.5 Å². The molecule has 1 rings (SSSR count). The van der Waals surface area contributed by atoms with Gasteiger partial charge in [0.2, 0.25) is 0 Å². The van der Waals surface area contributed by atoms with Gasteiger partial charge in [0.15, 0.2) is 5.78 Å². The Labute approximate surface area is 89.8 Å². The largest absolute Gasteiger partial charge is 0.435 e. The van der Waals surface area contributed by atoms with Crippen molar-refractivity contribution >= 4 is 23.1 Å². The summed E-state index contributed by atoms with van der Waals surface area (Å²) in [6.45, 7) is -1.71. The Bertz CT molecular complexity index is 396. The van der Waals surface area contributed by atoms with Gasteiger partial charge in [0.25, 0.3) is 0 Å². The molecule has 0 bridgehead atoms. The fourth-order valence-corrected chi connectivity index (χ4v) is 1.29. The molecule has 0 radical (unpaired) electrons. The molecule has 2 N–H and O–H groups in total. The maximum absolute atomic E-state index is 11.9. The van der Waals surface area contributed by atoms with Crippen LogP contribution in [0.3, 0.4) is 0 Å². The van der Waals surface area contributed by atoms with Gasteiger partial charge in [0.1, 0.15) is 5.75 Å². The minimum absolute atomic E-state index is 0.0278. The third-order valence-electron chi connectivity index (χ3n) is 1.68. The number of nitrogens with two attached hydrogens (primary N) is 1. The standard InChI is InChI=1S/C9H8ClF2NO2/c1-4(14)6-2-5(15-9(11)12)3-7(13)8(6)10/h2-3,9H,13H2,1H3. The van der Waals surface area contributed by atoms with Crippen molar-refractivity contribution in [3.8, 4) is 5.75 Å². The molecular weight excluding hydrogens is 228 g/mol. The molecule has 82 valence electrons. The molecule has 0 aromatic heterocycles. The Morgan fingerprint density at radius 3 is 2.60 bits per heavy atom. The summed E-state index contributed by atoms with van der Waals surface area (Å²) in [6.07, 6.45) is 0.